The Hall–Kier alpha value is -0.220. The SMILES string of the molecule is CONCc1cc(SC)ccc1Cl. The Morgan fingerprint density at radius 1 is 1.54 bits per heavy atom. The number of hydrogen-bond donors (Lipinski definition) is 1. The lowest BCUT2D eigenvalue weighted by Crippen LogP contribution is -2.11. The van der Waals surface area contributed by atoms with E-state index in [0.717, 1.165) is 10.6 Å². The summed E-state index contributed by atoms with van der Waals surface area (Å²) in [5.41, 5.74) is 3.81. The average molecular weight is 218 g/mol. The van der Waals surface area contributed by atoms with Gasteiger partial charge >= 0.3 is 0 Å². The topological polar surface area (TPSA) is 21.3 Å². The van der Waals surface area contributed by atoms with Crippen molar-refractivity contribution in [2.45, 2.75) is 11.4 Å². The van der Waals surface area contributed by atoms with E-state index in [9.17, 15) is 0 Å². The molecule has 0 radical (unpaired) electrons. The number of benzene rings is 1. The van der Waals surface area contributed by atoms with E-state index in [-0.39, 0.29) is 0 Å². The van der Waals surface area contributed by atoms with E-state index in [1.165, 1.54) is 4.90 Å². The first-order valence-electron chi connectivity index (χ1n) is 3.86. The van der Waals surface area contributed by atoms with Crippen LogP contribution in [0.25, 0.3) is 0 Å². The Bertz CT molecular complexity index is 280. The lowest BCUT2D eigenvalue weighted by Gasteiger charge is -2.06. The highest BCUT2D eigenvalue weighted by atomic mass is 35.5. The van der Waals surface area contributed by atoms with Gasteiger partial charge in [0.25, 0.3) is 0 Å². The molecule has 0 bridgehead atoms. The quantitative estimate of drug-likeness (QED) is 0.619. The van der Waals surface area contributed by atoms with Crippen molar-refractivity contribution in [3.05, 3.63) is 28.8 Å². The molecule has 0 spiro atoms. The van der Waals surface area contributed by atoms with Gasteiger partial charge in [-0.3, -0.25) is 0 Å². The number of thioether (sulfide) groups is 1. The van der Waals surface area contributed by atoms with Crippen molar-refractivity contribution in [2.24, 2.45) is 0 Å². The summed E-state index contributed by atoms with van der Waals surface area (Å²) < 4.78 is 0. The summed E-state index contributed by atoms with van der Waals surface area (Å²) in [5.74, 6) is 0. The molecule has 0 fully saturated rings. The monoisotopic (exact) mass is 217 g/mol. The maximum atomic E-state index is 5.98. The minimum atomic E-state index is 0.629. The van der Waals surface area contributed by atoms with Crippen LogP contribution in [0.1, 0.15) is 5.56 Å². The Balaban J connectivity index is 2.78. The van der Waals surface area contributed by atoms with E-state index in [0.29, 0.717) is 6.54 Å². The summed E-state index contributed by atoms with van der Waals surface area (Å²) in [6.45, 7) is 0.629. The van der Waals surface area contributed by atoms with Crippen LogP contribution in [0.4, 0.5) is 0 Å². The van der Waals surface area contributed by atoms with Crippen molar-refractivity contribution < 1.29 is 4.84 Å². The van der Waals surface area contributed by atoms with E-state index in [4.69, 9.17) is 16.4 Å². The molecule has 2 nitrogen and oxygen atoms in total. The van der Waals surface area contributed by atoms with Gasteiger partial charge in [0.15, 0.2) is 0 Å². The fraction of sp³-hybridized carbons (Fsp3) is 0.333. The molecule has 0 aromatic heterocycles. The molecule has 4 heteroatoms. The van der Waals surface area contributed by atoms with Crippen molar-refractivity contribution in [1.82, 2.24) is 5.48 Å². The van der Waals surface area contributed by atoms with Crippen LogP contribution in [0.5, 0.6) is 0 Å². The van der Waals surface area contributed by atoms with Crippen LogP contribution in [0, 0.1) is 0 Å². The molecule has 1 aromatic carbocycles. The lowest BCUT2D eigenvalue weighted by molar-refractivity contribution is 0.0867. The van der Waals surface area contributed by atoms with Crippen molar-refractivity contribution in [2.75, 3.05) is 13.4 Å². The van der Waals surface area contributed by atoms with Gasteiger partial charge in [-0.25, -0.2) is 0 Å². The van der Waals surface area contributed by atoms with Crippen LogP contribution in [-0.2, 0) is 11.4 Å². The molecule has 1 N–H and O–H groups in total. The van der Waals surface area contributed by atoms with Crippen LogP contribution in [0.15, 0.2) is 23.1 Å². The molecule has 1 rings (SSSR count). The van der Waals surface area contributed by atoms with Gasteiger partial charge in [-0.05, 0) is 30.0 Å². The maximum Gasteiger partial charge on any atom is 0.0572 e. The van der Waals surface area contributed by atoms with Crippen molar-refractivity contribution in [1.29, 1.82) is 0 Å². The van der Waals surface area contributed by atoms with Gasteiger partial charge in [0.2, 0.25) is 0 Å². The molecule has 0 saturated heterocycles. The van der Waals surface area contributed by atoms with Gasteiger partial charge in [-0.2, -0.15) is 5.48 Å². The summed E-state index contributed by atoms with van der Waals surface area (Å²) in [6.07, 6.45) is 2.04. The second kappa shape index (κ2) is 5.50. The summed E-state index contributed by atoms with van der Waals surface area (Å²) >= 11 is 7.68. The van der Waals surface area contributed by atoms with Crippen LogP contribution in [0.3, 0.4) is 0 Å². The van der Waals surface area contributed by atoms with Gasteiger partial charge in [0.05, 0.1) is 7.11 Å². The zero-order valence-corrected chi connectivity index (χ0v) is 9.21. The van der Waals surface area contributed by atoms with Gasteiger partial charge < -0.3 is 4.84 Å². The van der Waals surface area contributed by atoms with Crippen molar-refractivity contribution in [3.63, 3.8) is 0 Å². The highest BCUT2D eigenvalue weighted by Crippen LogP contribution is 2.22. The first kappa shape index (κ1) is 10.9. The largest absolute Gasteiger partial charge is 0.305 e. The minimum Gasteiger partial charge on any atom is -0.305 e. The van der Waals surface area contributed by atoms with Crippen LogP contribution < -0.4 is 5.48 Å². The third-order valence-electron chi connectivity index (χ3n) is 1.66. The third kappa shape index (κ3) is 3.19. The second-order valence-electron chi connectivity index (χ2n) is 2.48. The van der Waals surface area contributed by atoms with Crippen molar-refractivity contribution >= 4 is 23.4 Å². The first-order chi connectivity index (χ1) is 6.27. The molecule has 0 saturated carbocycles. The smallest absolute Gasteiger partial charge is 0.0572 e. The molecule has 0 aliphatic heterocycles. The molecule has 72 valence electrons. The van der Waals surface area contributed by atoms with Crippen LogP contribution >= 0.6 is 23.4 Å². The molecule has 0 atom stereocenters. The number of nitrogens with one attached hydrogen (secondary N) is 1. The Morgan fingerprint density at radius 2 is 2.31 bits per heavy atom. The Labute approximate surface area is 87.6 Å². The Morgan fingerprint density at radius 3 is 2.92 bits per heavy atom. The van der Waals surface area contributed by atoms with E-state index in [1.807, 2.05) is 18.4 Å². The van der Waals surface area contributed by atoms with Crippen molar-refractivity contribution in [3.8, 4) is 0 Å². The zero-order chi connectivity index (χ0) is 9.68. The fourth-order valence-electron chi connectivity index (χ4n) is 0.963. The molecule has 0 heterocycles. The standard InChI is InChI=1S/C9H12ClNOS/c1-12-11-6-7-5-8(13-2)3-4-9(7)10/h3-5,11H,6H2,1-2H3. The van der Waals surface area contributed by atoms with E-state index in [2.05, 4.69) is 11.5 Å². The van der Waals surface area contributed by atoms with Gasteiger partial charge in [-0.15, -0.1) is 11.8 Å². The van der Waals surface area contributed by atoms with Gasteiger partial charge in [0.1, 0.15) is 0 Å². The van der Waals surface area contributed by atoms with Gasteiger partial charge in [-0.1, -0.05) is 11.6 Å². The first-order valence-corrected chi connectivity index (χ1v) is 5.46. The maximum absolute atomic E-state index is 5.98. The predicted octanol–water partition coefficient (Wildman–Crippen LogP) is 2.71. The Kier molecular flexibility index (Phi) is 4.59. The van der Waals surface area contributed by atoms with E-state index >= 15 is 0 Å². The molecule has 13 heavy (non-hydrogen) atoms. The molecule has 0 aliphatic carbocycles. The van der Waals surface area contributed by atoms with Gasteiger partial charge in [0, 0.05) is 16.5 Å². The highest BCUT2D eigenvalue weighted by Gasteiger charge is 2.00. The normalized spacial score (nSPS) is 10.4. The number of hydroxylamine groups is 1. The summed E-state index contributed by atoms with van der Waals surface area (Å²) in [6, 6.07) is 5.96. The molecule has 1 aromatic rings. The minimum absolute atomic E-state index is 0.629. The zero-order valence-electron chi connectivity index (χ0n) is 7.63. The van der Waals surface area contributed by atoms with Crippen LogP contribution in [-0.4, -0.2) is 13.4 Å². The number of hydrogen-bond acceptors (Lipinski definition) is 3. The lowest BCUT2D eigenvalue weighted by atomic mass is 10.2. The molecule has 0 aliphatic rings. The summed E-state index contributed by atoms with van der Waals surface area (Å²) in [4.78, 5) is 5.96. The summed E-state index contributed by atoms with van der Waals surface area (Å²) in [7, 11) is 1.59. The molecular weight excluding hydrogens is 206 g/mol. The van der Waals surface area contributed by atoms with E-state index < -0.39 is 0 Å². The molecule has 0 amide bonds. The number of rotatable bonds is 4. The molecular formula is C9H12ClNOS. The predicted molar refractivity (Wildman–Crippen MR) is 57.1 cm³/mol. The molecule has 0 unspecified atom stereocenters. The average Bonchev–Trinajstić information content (AvgIpc) is 2.17. The summed E-state index contributed by atoms with van der Waals surface area (Å²) in [5, 5.41) is 0.766. The third-order valence-corrected chi connectivity index (χ3v) is 2.75. The van der Waals surface area contributed by atoms with E-state index in [1.54, 1.807) is 18.9 Å². The van der Waals surface area contributed by atoms with Crippen LogP contribution in [0.2, 0.25) is 5.02 Å². The fourth-order valence-corrected chi connectivity index (χ4v) is 1.61. The number of halogens is 1. The highest BCUT2D eigenvalue weighted by molar-refractivity contribution is 7.98. The second-order valence-corrected chi connectivity index (χ2v) is 3.77.